The van der Waals surface area contributed by atoms with E-state index in [1.807, 2.05) is 0 Å². The average molecular weight is 363 g/mol. The van der Waals surface area contributed by atoms with E-state index in [1.165, 1.54) is 19.2 Å². The van der Waals surface area contributed by atoms with E-state index in [4.69, 9.17) is 0 Å². The molecule has 0 saturated heterocycles. The van der Waals surface area contributed by atoms with Gasteiger partial charge in [-0.15, -0.1) is 0 Å². The van der Waals surface area contributed by atoms with Crippen molar-refractivity contribution >= 4 is 31.9 Å². The number of benzene rings is 1. The molecule has 0 aliphatic heterocycles. The molecule has 0 aromatic heterocycles. The third kappa shape index (κ3) is 4.29. The second kappa shape index (κ2) is 6.24. The molecular formula is C13H19BrN2O3S. The van der Waals surface area contributed by atoms with Gasteiger partial charge in [-0.05, 0) is 29.7 Å². The molecule has 1 rings (SSSR count). The fourth-order valence-electron chi connectivity index (χ4n) is 1.60. The Labute approximate surface area is 128 Å². The molecule has 2 N–H and O–H groups in total. The van der Waals surface area contributed by atoms with Crippen molar-refractivity contribution in [2.45, 2.75) is 31.7 Å². The van der Waals surface area contributed by atoms with Crippen LogP contribution >= 0.6 is 15.9 Å². The number of carbonyl (C=O) groups is 1. The van der Waals surface area contributed by atoms with Gasteiger partial charge in [0.05, 0.1) is 4.90 Å². The van der Waals surface area contributed by atoms with Crippen LogP contribution in [0.5, 0.6) is 0 Å². The molecule has 0 aliphatic carbocycles. The Hall–Kier alpha value is -0.920. The van der Waals surface area contributed by atoms with Crippen molar-refractivity contribution in [1.29, 1.82) is 0 Å². The number of amides is 1. The summed E-state index contributed by atoms with van der Waals surface area (Å²) in [6.07, 6.45) is 0. The van der Waals surface area contributed by atoms with E-state index in [2.05, 4.69) is 26.0 Å². The van der Waals surface area contributed by atoms with Crippen LogP contribution < -0.4 is 10.0 Å². The second-order valence-corrected chi connectivity index (χ2v) is 8.12. The standard InChI is InChI=1S/C13H19BrN2O3S/c1-13(2,3)11(12(17)15-4)16-20(18,19)10-7-5-9(14)6-8-10/h5-8,11,16H,1-4H3,(H,15,17). The summed E-state index contributed by atoms with van der Waals surface area (Å²) in [7, 11) is -2.27. The van der Waals surface area contributed by atoms with Crippen LogP contribution in [0.2, 0.25) is 0 Å². The summed E-state index contributed by atoms with van der Waals surface area (Å²) in [5.74, 6) is -0.363. The van der Waals surface area contributed by atoms with Gasteiger partial charge in [-0.3, -0.25) is 4.79 Å². The number of sulfonamides is 1. The lowest BCUT2D eigenvalue weighted by Crippen LogP contribution is -2.52. The molecule has 1 unspecified atom stereocenters. The molecule has 5 nitrogen and oxygen atoms in total. The van der Waals surface area contributed by atoms with Gasteiger partial charge in [0.25, 0.3) is 0 Å². The van der Waals surface area contributed by atoms with Crippen LogP contribution in [0.25, 0.3) is 0 Å². The second-order valence-electron chi connectivity index (χ2n) is 5.49. The molecule has 1 amide bonds. The summed E-state index contributed by atoms with van der Waals surface area (Å²) in [6, 6.07) is 5.40. The highest BCUT2D eigenvalue weighted by atomic mass is 79.9. The minimum Gasteiger partial charge on any atom is -0.358 e. The molecule has 0 radical (unpaired) electrons. The molecule has 1 aromatic carbocycles. The van der Waals surface area contributed by atoms with Gasteiger partial charge in [-0.25, -0.2) is 8.42 Å². The number of likely N-dealkylation sites (N-methyl/N-ethyl adjacent to an activating group) is 1. The fourth-order valence-corrected chi connectivity index (χ4v) is 3.27. The Morgan fingerprint density at radius 2 is 1.70 bits per heavy atom. The van der Waals surface area contributed by atoms with Crippen LogP contribution in [0, 0.1) is 5.41 Å². The van der Waals surface area contributed by atoms with E-state index >= 15 is 0 Å². The lowest BCUT2D eigenvalue weighted by molar-refractivity contribution is -0.124. The Bertz CT molecular complexity index is 577. The summed E-state index contributed by atoms with van der Waals surface area (Å²) in [6.45, 7) is 5.41. The molecule has 0 spiro atoms. The van der Waals surface area contributed by atoms with E-state index in [9.17, 15) is 13.2 Å². The normalized spacial score (nSPS) is 13.8. The summed E-state index contributed by atoms with van der Waals surface area (Å²) in [5.41, 5.74) is -0.539. The molecule has 1 aromatic rings. The van der Waals surface area contributed by atoms with E-state index in [0.29, 0.717) is 0 Å². The first-order chi connectivity index (χ1) is 9.08. The zero-order valence-corrected chi connectivity index (χ0v) is 14.3. The molecule has 1 atom stereocenters. The third-order valence-electron chi connectivity index (χ3n) is 2.77. The lowest BCUT2D eigenvalue weighted by Gasteiger charge is -2.29. The van der Waals surface area contributed by atoms with Gasteiger partial charge >= 0.3 is 0 Å². The molecule has 0 bridgehead atoms. The van der Waals surface area contributed by atoms with Crippen LogP contribution in [0.4, 0.5) is 0 Å². The van der Waals surface area contributed by atoms with Crippen molar-refractivity contribution in [2.75, 3.05) is 7.05 Å². The van der Waals surface area contributed by atoms with Crippen molar-refractivity contribution < 1.29 is 13.2 Å². The molecule has 0 heterocycles. The van der Waals surface area contributed by atoms with E-state index < -0.39 is 21.5 Å². The fraction of sp³-hybridized carbons (Fsp3) is 0.462. The highest BCUT2D eigenvalue weighted by Crippen LogP contribution is 2.22. The smallest absolute Gasteiger partial charge is 0.241 e. The third-order valence-corrected chi connectivity index (χ3v) is 4.74. The number of rotatable bonds is 4. The predicted octanol–water partition coefficient (Wildman–Crippen LogP) is 1.89. The van der Waals surface area contributed by atoms with Crippen molar-refractivity contribution in [3.05, 3.63) is 28.7 Å². The highest BCUT2D eigenvalue weighted by molar-refractivity contribution is 9.10. The Balaban J connectivity index is 3.09. The topological polar surface area (TPSA) is 75.3 Å². The van der Waals surface area contributed by atoms with Gasteiger partial charge in [0.2, 0.25) is 15.9 Å². The number of nitrogens with one attached hydrogen (secondary N) is 2. The number of hydrogen-bond acceptors (Lipinski definition) is 3. The molecule has 0 aliphatic rings. The van der Waals surface area contributed by atoms with Crippen molar-refractivity contribution in [3.63, 3.8) is 0 Å². The average Bonchev–Trinajstić information content (AvgIpc) is 2.34. The van der Waals surface area contributed by atoms with Crippen molar-refractivity contribution in [2.24, 2.45) is 5.41 Å². The van der Waals surface area contributed by atoms with Crippen LogP contribution in [0.15, 0.2) is 33.6 Å². The molecule has 0 fully saturated rings. The summed E-state index contributed by atoms with van der Waals surface area (Å²) in [5, 5.41) is 2.48. The number of carbonyl (C=O) groups excluding carboxylic acids is 1. The SMILES string of the molecule is CNC(=O)C(NS(=O)(=O)c1ccc(Br)cc1)C(C)(C)C. The van der Waals surface area contributed by atoms with Crippen LogP contribution in [0.3, 0.4) is 0 Å². The minimum absolute atomic E-state index is 0.124. The molecular weight excluding hydrogens is 344 g/mol. The predicted molar refractivity (Wildman–Crippen MR) is 81.8 cm³/mol. The molecule has 7 heteroatoms. The molecule has 0 saturated carbocycles. The lowest BCUT2D eigenvalue weighted by atomic mass is 9.87. The Morgan fingerprint density at radius 3 is 2.10 bits per heavy atom. The maximum absolute atomic E-state index is 12.3. The first-order valence-corrected chi connectivity index (χ1v) is 8.35. The van der Waals surface area contributed by atoms with Crippen molar-refractivity contribution in [3.8, 4) is 0 Å². The first kappa shape index (κ1) is 17.1. The monoisotopic (exact) mass is 362 g/mol. The van der Waals surface area contributed by atoms with E-state index in [0.717, 1.165) is 4.47 Å². The van der Waals surface area contributed by atoms with Gasteiger partial charge < -0.3 is 5.32 Å². The summed E-state index contributed by atoms with van der Waals surface area (Å²) >= 11 is 3.25. The number of halogens is 1. The maximum Gasteiger partial charge on any atom is 0.241 e. The van der Waals surface area contributed by atoms with Crippen LogP contribution in [-0.2, 0) is 14.8 Å². The van der Waals surface area contributed by atoms with Gasteiger partial charge in [-0.2, -0.15) is 4.72 Å². The maximum atomic E-state index is 12.3. The summed E-state index contributed by atoms with van der Waals surface area (Å²) in [4.78, 5) is 12.0. The Kier molecular flexibility index (Phi) is 5.34. The molecule has 112 valence electrons. The zero-order valence-electron chi connectivity index (χ0n) is 11.9. The highest BCUT2D eigenvalue weighted by Gasteiger charge is 2.34. The van der Waals surface area contributed by atoms with Crippen molar-refractivity contribution in [1.82, 2.24) is 10.0 Å². The van der Waals surface area contributed by atoms with Gasteiger partial charge in [-0.1, -0.05) is 36.7 Å². The van der Waals surface area contributed by atoms with Gasteiger partial charge in [0.1, 0.15) is 6.04 Å². The van der Waals surface area contributed by atoms with E-state index in [-0.39, 0.29) is 10.8 Å². The molecule has 20 heavy (non-hydrogen) atoms. The first-order valence-electron chi connectivity index (χ1n) is 6.07. The zero-order chi connectivity index (χ0) is 15.6. The van der Waals surface area contributed by atoms with Crippen LogP contribution in [-0.4, -0.2) is 27.4 Å². The van der Waals surface area contributed by atoms with Crippen LogP contribution in [0.1, 0.15) is 20.8 Å². The largest absolute Gasteiger partial charge is 0.358 e. The minimum atomic E-state index is -3.75. The Morgan fingerprint density at radius 1 is 1.20 bits per heavy atom. The van der Waals surface area contributed by atoms with E-state index in [1.54, 1.807) is 32.9 Å². The quantitative estimate of drug-likeness (QED) is 0.858. The summed E-state index contributed by atoms with van der Waals surface area (Å²) < 4.78 is 27.9. The number of hydrogen-bond donors (Lipinski definition) is 2. The van der Waals surface area contributed by atoms with Gasteiger partial charge in [0.15, 0.2) is 0 Å². The van der Waals surface area contributed by atoms with Gasteiger partial charge in [0, 0.05) is 11.5 Å².